The van der Waals surface area contributed by atoms with Crippen LogP contribution in [0.4, 0.5) is 11.4 Å². The quantitative estimate of drug-likeness (QED) is 0.272. The van der Waals surface area contributed by atoms with Crippen molar-refractivity contribution in [3.8, 4) is 5.88 Å². The van der Waals surface area contributed by atoms with Crippen molar-refractivity contribution in [1.82, 2.24) is 14.8 Å². The Morgan fingerprint density at radius 2 is 1.69 bits per heavy atom. The highest BCUT2D eigenvalue weighted by atomic mass is 32.2. The van der Waals surface area contributed by atoms with Crippen molar-refractivity contribution in [3.63, 3.8) is 0 Å². The fourth-order valence-corrected chi connectivity index (χ4v) is 5.38. The number of nitrogens with zero attached hydrogens (tertiary/aromatic N) is 3. The van der Waals surface area contributed by atoms with Gasteiger partial charge < -0.3 is 15.0 Å². The lowest BCUT2D eigenvalue weighted by molar-refractivity contribution is 0.148. The molecule has 1 aliphatic heterocycles. The molecule has 39 heavy (non-hydrogen) atoms. The van der Waals surface area contributed by atoms with E-state index in [9.17, 15) is 13.5 Å². The van der Waals surface area contributed by atoms with Crippen LogP contribution in [0.5, 0.6) is 5.88 Å². The average molecular weight is 546 g/mol. The number of nitrogens with one attached hydrogen (secondary N) is 2. The normalized spacial score (nSPS) is 15.7. The van der Waals surface area contributed by atoms with E-state index in [2.05, 4.69) is 38.7 Å². The minimum absolute atomic E-state index is 0.0249. The van der Waals surface area contributed by atoms with Crippen LogP contribution in [0.2, 0.25) is 0 Å². The molecule has 4 aromatic rings. The van der Waals surface area contributed by atoms with Crippen LogP contribution < -0.4 is 4.72 Å². The van der Waals surface area contributed by atoms with Gasteiger partial charge in [-0.3, -0.25) is 9.62 Å². The van der Waals surface area contributed by atoms with Gasteiger partial charge in [-0.05, 0) is 56.8 Å². The molecule has 0 unspecified atom stereocenters. The van der Waals surface area contributed by atoms with Crippen molar-refractivity contribution in [3.05, 3.63) is 89.5 Å². The highest BCUT2D eigenvalue weighted by Gasteiger charge is 2.21. The standard InChI is InChI=1S/C30H35N5O3S/c1-21(2)39(37,38)33-25-13-14-27-26(19-25)28(30(36)32-27)29(23-7-5-4-6-8-23)31-24-11-9-22(10-12-24)20-35-17-15-34(3)16-18-35/h4-14,19,21,32-33,36H,15-18,20H2,1-3H3. The summed E-state index contributed by atoms with van der Waals surface area (Å²) in [7, 11) is -1.37. The molecule has 9 heteroatoms. The Labute approximate surface area is 230 Å². The van der Waals surface area contributed by atoms with Gasteiger partial charge in [-0.25, -0.2) is 13.4 Å². The fraction of sp³-hybridized carbons (Fsp3) is 0.300. The minimum Gasteiger partial charge on any atom is -0.494 e. The van der Waals surface area contributed by atoms with Crippen LogP contribution >= 0.6 is 0 Å². The molecule has 0 saturated carbocycles. The first-order valence-electron chi connectivity index (χ1n) is 13.2. The summed E-state index contributed by atoms with van der Waals surface area (Å²) in [6, 6.07) is 23.1. The summed E-state index contributed by atoms with van der Waals surface area (Å²) in [6.45, 7) is 8.44. The van der Waals surface area contributed by atoms with Crippen LogP contribution in [-0.2, 0) is 16.6 Å². The number of aromatic nitrogens is 1. The first-order chi connectivity index (χ1) is 18.7. The maximum Gasteiger partial charge on any atom is 0.235 e. The molecule has 0 aliphatic carbocycles. The van der Waals surface area contributed by atoms with Crippen LogP contribution in [0, 0.1) is 0 Å². The molecule has 1 aromatic heterocycles. The van der Waals surface area contributed by atoms with E-state index in [4.69, 9.17) is 4.99 Å². The monoisotopic (exact) mass is 545 g/mol. The Balaban J connectivity index is 1.52. The first-order valence-corrected chi connectivity index (χ1v) is 14.7. The van der Waals surface area contributed by atoms with E-state index in [0.29, 0.717) is 27.9 Å². The molecule has 2 heterocycles. The lowest BCUT2D eigenvalue weighted by atomic mass is 10.0. The highest BCUT2D eigenvalue weighted by Crippen LogP contribution is 2.33. The number of likely N-dealkylation sites (N-methyl/N-ethyl adjacent to an activating group) is 1. The molecule has 3 N–H and O–H groups in total. The van der Waals surface area contributed by atoms with E-state index < -0.39 is 15.3 Å². The number of aliphatic imine (C=N–C) groups is 1. The second-order valence-corrected chi connectivity index (χ2v) is 12.6. The fourth-order valence-electron chi connectivity index (χ4n) is 4.69. The zero-order valence-corrected chi connectivity index (χ0v) is 23.4. The molecule has 0 atom stereocenters. The summed E-state index contributed by atoms with van der Waals surface area (Å²) in [5.74, 6) is -0.0249. The topological polar surface area (TPSA) is 101 Å². The van der Waals surface area contributed by atoms with Gasteiger partial charge in [0.2, 0.25) is 10.0 Å². The van der Waals surface area contributed by atoms with Crippen molar-refractivity contribution in [2.75, 3.05) is 37.9 Å². The summed E-state index contributed by atoms with van der Waals surface area (Å²) >= 11 is 0. The number of hydrogen-bond donors (Lipinski definition) is 3. The molecular weight excluding hydrogens is 510 g/mol. The largest absolute Gasteiger partial charge is 0.494 e. The van der Waals surface area contributed by atoms with Crippen LogP contribution in [-0.4, -0.2) is 72.5 Å². The summed E-state index contributed by atoms with van der Waals surface area (Å²) in [5.41, 5.74) is 5.05. The maximum atomic E-state index is 12.5. The Kier molecular flexibility index (Phi) is 7.74. The number of aromatic amines is 1. The minimum atomic E-state index is -3.52. The molecule has 1 fully saturated rings. The van der Waals surface area contributed by atoms with E-state index >= 15 is 0 Å². The molecule has 3 aromatic carbocycles. The number of aromatic hydroxyl groups is 1. The third kappa shape index (κ3) is 6.16. The van der Waals surface area contributed by atoms with Gasteiger partial charge in [0.05, 0.1) is 22.2 Å². The van der Waals surface area contributed by atoms with E-state index in [-0.39, 0.29) is 5.88 Å². The van der Waals surface area contributed by atoms with Gasteiger partial charge in [0.25, 0.3) is 0 Å². The Morgan fingerprint density at radius 3 is 2.36 bits per heavy atom. The van der Waals surface area contributed by atoms with Gasteiger partial charge in [-0.1, -0.05) is 42.5 Å². The number of sulfonamides is 1. The molecule has 1 aliphatic rings. The number of rotatable bonds is 8. The third-order valence-electron chi connectivity index (χ3n) is 7.12. The first kappa shape index (κ1) is 26.9. The molecular formula is C30H35N5O3S. The van der Waals surface area contributed by atoms with Crippen LogP contribution in [0.1, 0.15) is 30.5 Å². The van der Waals surface area contributed by atoms with Gasteiger partial charge in [-0.15, -0.1) is 0 Å². The van der Waals surface area contributed by atoms with Gasteiger partial charge in [0, 0.05) is 54.9 Å². The second-order valence-electron chi connectivity index (χ2n) is 10.4. The summed E-state index contributed by atoms with van der Waals surface area (Å²) < 4.78 is 27.6. The van der Waals surface area contributed by atoms with Crippen molar-refractivity contribution >= 4 is 38.0 Å². The summed E-state index contributed by atoms with van der Waals surface area (Å²) in [4.78, 5) is 12.8. The van der Waals surface area contributed by atoms with E-state index in [1.165, 1.54) is 5.56 Å². The number of hydrogen-bond acceptors (Lipinski definition) is 6. The zero-order chi connectivity index (χ0) is 27.6. The highest BCUT2D eigenvalue weighted by molar-refractivity contribution is 7.93. The smallest absolute Gasteiger partial charge is 0.235 e. The van der Waals surface area contributed by atoms with Crippen LogP contribution in [0.25, 0.3) is 10.9 Å². The predicted octanol–water partition coefficient (Wildman–Crippen LogP) is 4.94. The number of anilines is 1. The molecule has 5 rings (SSSR count). The zero-order valence-electron chi connectivity index (χ0n) is 22.6. The molecule has 0 spiro atoms. The number of benzene rings is 3. The molecule has 0 bridgehead atoms. The van der Waals surface area contributed by atoms with E-state index in [1.54, 1.807) is 32.0 Å². The van der Waals surface area contributed by atoms with Crippen molar-refractivity contribution in [1.29, 1.82) is 0 Å². The molecule has 1 saturated heterocycles. The molecule has 0 radical (unpaired) electrons. The molecule has 0 amide bonds. The Morgan fingerprint density at radius 1 is 1.00 bits per heavy atom. The maximum absolute atomic E-state index is 12.5. The average Bonchev–Trinajstić information content (AvgIpc) is 3.24. The molecule has 204 valence electrons. The van der Waals surface area contributed by atoms with Gasteiger partial charge in [0.15, 0.2) is 5.88 Å². The number of H-pyrrole nitrogens is 1. The van der Waals surface area contributed by atoms with Gasteiger partial charge >= 0.3 is 0 Å². The van der Waals surface area contributed by atoms with Crippen molar-refractivity contribution < 1.29 is 13.5 Å². The summed E-state index contributed by atoms with van der Waals surface area (Å²) in [5, 5.41) is 11.1. The lowest BCUT2D eigenvalue weighted by Gasteiger charge is -2.32. The second kappa shape index (κ2) is 11.2. The van der Waals surface area contributed by atoms with Crippen LogP contribution in [0.3, 0.4) is 0 Å². The Hall–Kier alpha value is -3.66. The summed E-state index contributed by atoms with van der Waals surface area (Å²) in [6.07, 6.45) is 0. The SMILES string of the molecule is CC(C)S(=O)(=O)Nc1ccc2[nH]c(O)c(C(=Nc3ccc(CN4CCN(C)CC4)cc3)c3ccccc3)c2c1. The number of fused-ring (bicyclic) bond motifs is 1. The lowest BCUT2D eigenvalue weighted by Crippen LogP contribution is -2.43. The Bertz CT molecular complexity index is 1570. The van der Waals surface area contributed by atoms with E-state index in [0.717, 1.165) is 44.0 Å². The van der Waals surface area contributed by atoms with Crippen LogP contribution in [0.15, 0.2) is 77.8 Å². The third-order valence-corrected chi connectivity index (χ3v) is 8.88. The van der Waals surface area contributed by atoms with Gasteiger partial charge in [-0.2, -0.15) is 0 Å². The number of piperazine rings is 1. The predicted molar refractivity (Wildman–Crippen MR) is 159 cm³/mol. The van der Waals surface area contributed by atoms with Gasteiger partial charge in [0.1, 0.15) is 0 Å². The van der Waals surface area contributed by atoms with E-state index in [1.807, 2.05) is 42.5 Å². The van der Waals surface area contributed by atoms with Crippen molar-refractivity contribution in [2.24, 2.45) is 4.99 Å². The van der Waals surface area contributed by atoms with Crippen molar-refractivity contribution in [2.45, 2.75) is 25.6 Å². The molecule has 8 nitrogen and oxygen atoms in total.